The van der Waals surface area contributed by atoms with E-state index in [4.69, 9.17) is 14.2 Å². The zero-order valence-electron chi connectivity index (χ0n) is 15.6. The molecule has 1 heterocycles. The Morgan fingerprint density at radius 1 is 1.07 bits per heavy atom. The van der Waals surface area contributed by atoms with E-state index in [9.17, 15) is 14.4 Å². The van der Waals surface area contributed by atoms with Crippen LogP contribution in [0.3, 0.4) is 0 Å². The Hall–Kier alpha value is -2.87. The topological polar surface area (TPSA) is 90.9 Å². The van der Waals surface area contributed by atoms with Crippen molar-refractivity contribution in [3.05, 3.63) is 45.8 Å². The lowest BCUT2D eigenvalue weighted by Crippen LogP contribution is -2.16. The average molecular weight is 391 g/mol. The van der Waals surface area contributed by atoms with Crippen LogP contribution in [0, 0.1) is 13.8 Å². The minimum Gasteiger partial charge on any atom is -0.493 e. The van der Waals surface area contributed by atoms with Crippen molar-refractivity contribution in [3.8, 4) is 5.75 Å². The number of nitrogens with one attached hydrogen (secondary N) is 1. The molecule has 8 heteroatoms. The summed E-state index contributed by atoms with van der Waals surface area (Å²) in [5.41, 5.74) is 1.62. The highest BCUT2D eigenvalue weighted by Gasteiger charge is 2.26. The van der Waals surface area contributed by atoms with Gasteiger partial charge in [0, 0.05) is 0 Å². The van der Waals surface area contributed by atoms with Crippen molar-refractivity contribution < 1.29 is 28.6 Å². The highest BCUT2D eigenvalue weighted by Crippen LogP contribution is 2.34. The predicted molar refractivity (Wildman–Crippen MR) is 102 cm³/mol. The lowest BCUT2D eigenvalue weighted by Gasteiger charge is -2.08. The first-order chi connectivity index (χ1) is 12.9. The molecule has 2 rings (SSSR count). The number of thiophene rings is 1. The van der Waals surface area contributed by atoms with Gasteiger partial charge in [-0.15, -0.1) is 11.3 Å². The molecule has 0 aliphatic heterocycles. The lowest BCUT2D eigenvalue weighted by molar-refractivity contribution is -0.116. The van der Waals surface area contributed by atoms with E-state index in [0.717, 1.165) is 16.9 Å². The van der Waals surface area contributed by atoms with Gasteiger partial charge in [0.15, 0.2) is 0 Å². The van der Waals surface area contributed by atoms with E-state index in [0.29, 0.717) is 11.3 Å². The number of aryl methyl sites for hydroxylation is 1. The molecule has 0 unspecified atom stereocenters. The molecule has 27 heavy (non-hydrogen) atoms. The first-order valence-corrected chi connectivity index (χ1v) is 8.98. The van der Waals surface area contributed by atoms with Crippen LogP contribution in [0.4, 0.5) is 5.00 Å². The summed E-state index contributed by atoms with van der Waals surface area (Å²) < 4.78 is 15.0. The van der Waals surface area contributed by atoms with Crippen LogP contribution < -0.4 is 10.1 Å². The molecule has 0 radical (unpaired) electrons. The van der Waals surface area contributed by atoms with Gasteiger partial charge in [0.2, 0.25) is 5.91 Å². The third kappa shape index (κ3) is 5.07. The van der Waals surface area contributed by atoms with E-state index in [1.165, 1.54) is 14.2 Å². The maximum atomic E-state index is 12.2. The van der Waals surface area contributed by atoms with Crippen LogP contribution in [0.1, 0.15) is 37.6 Å². The van der Waals surface area contributed by atoms with Gasteiger partial charge in [0.25, 0.3) is 0 Å². The van der Waals surface area contributed by atoms with E-state index in [1.54, 1.807) is 6.92 Å². The number of esters is 2. The maximum absolute atomic E-state index is 12.2. The fourth-order valence-electron chi connectivity index (χ4n) is 2.39. The van der Waals surface area contributed by atoms with Gasteiger partial charge in [-0.3, -0.25) is 4.79 Å². The third-order valence-corrected chi connectivity index (χ3v) is 4.93. The molecule has 144 valence electrons. The van der Waals surface area contributed by atoms with E-state index >= 15 is 0 Å². The summed E-state index contributed by atoms with van der Waals surface area (Å²) in [5.74, 6) is -0.875. The summed E-state index contributed by atoms with van der Waals surface area (Å²) in [7, 11) is 2.48. The van der Waals surface area contributed by atoms with Gasteiger partial charge >= 0.3 is 11.9 Å². The number of carbonyl (C=O) groups excluding carboxylic acids is 3. The van der Waals surface area contributed by atoms with E-state index in [1.807, 2.05) is 31.2 Å². The molecule has 0 aliphatic rings. The number of ether oxygens (including phenoxy) is 3. The number of hydrogen-bond donors (Lipinski definition) is 1. The fraction of sp³-hybridized carbons (Fsp3) is 0.316. The Morgan fingerprint density at radius 3 is 2.41 bits per heavy atom. The molecule has 7 nitrogen and oxygen atoms in total. The van der Waals surface area contributed by atoms with Gasteiger partial charge in [-0.2, -0.15) is 0 Å². The number of hydrogen-bond acceptors (Lipinski definition) is 7. The summed E-state index contributed by atoms with van der Waals surface area (Å²) in [5, 5.41) is 2.90. The second kappa shape index (κ2) is 9.18. The van der Waals surface area contributed by atoms with E-state index in [2.05, 4.69) is 5.32 Å². The van der Waals surface area contributed by atoms with Crippen LogP contribution in [-0.4, -0.2) is 38.7 Å². The van der Waals surface area contributed by atoms with Gasteiger partial charge in [-0.05, 0) is 37.1 Å². The zero-order chi connectivity index (χ0) is 20.0. The summed E-state index contributed by atoms with van der Waals surface area (Å²) >= 11 is 0.974. The van der Waals surface area contributed by atoms with Gasteiger partial charge in [-0.25, -0.2) is 9.59 Å². The van der Waals surface area contributed by atoms with Crippen molar-refractivity contribution in [3.63, 3.8) is 0 Å². The number of anilines is 1. The van der Waals surface area contributed by atoms with Crippen molar-refractivity contribution >= 4 is 34.2 Å². The van der Waals surface area contributed by atoms with Crippen LogP contribution >= 0.6 is 11.3 Å². The van der Waals surface area contributed by atoms with Gasteiger partial charge in [-0.1, -0.05) is 12.1 Å². The van der Waals surface area contributed by atoms with Gasteiger partial charge in [0.05, 0.1) is 32.8 Å². The van der Waals surface area contributed by atoms with Crippen molar-refractivity contribution in [2.24, 2.45) is 0 Å². The minimum atomic E-state index is -0.634. The van der Waals surface area contributed by atoms with Crippen molar-refractivity contribution in [1.29, 1.82) is 0 Å². The highest BCUT2D eigenvalue weighted by atomic mass is 32.1. The maximum Gasteiger partial charge on any atom is 0.348 e. The largest absolute Gasteiger partial charge is 0.493 e. The second-order valence-electron chi connectivity index (χ2n) is 5.71. The smallest absolute Gasteiger partial charge is 0.348 e. The molecule has 1 N–H and O–H groups in total. The normalized spacial score (nSPS) is 10.2. The molecule has 0 saturated heterocycles. The molecule has 0 aliphatic carbocycles. The van der Waals surface area contributed by atoms with Gasteiger partial charge in [0.1, 0.15) is 15.6 Å². The molecule has 0 spiro atoms. The van der Waals surface area contributed by atoms with Crippen LogP contribution in [0.5, 0.6) is 5.75 Å². The van der Waals surface area contributed by atoms with Gasteiger partial charge < -0.3 is 19.5 Å². The molecule has 1 amide bonds. The number of methoxy groups -OCH3 is 2. The monoisotopic (exact) mass is 391 g/mol. The van der Waals surface area contributed by atoms with Crippen LogP contribution in [-0.2, 0) is 14.3 Å². The van der Waals surface area contributed by atoms with Crippen molar-refractivity contribution in [2.75, 3.05) is 26.1 Å². The predicted octanol–water partition coefficient (Wildman–Crippen LogP) is 3.35. The van der Waals surface area contributed by atoms with Crippen LogP contribution in [0.2, 0.25) is 0 Å². The third-order valence-electron chi connectivity index (χ3n) is 3.75. The Morgan fingerprint density at radius 2 is 1.78 bits per heavy atom. The molecule has 0 atom stereocenters. The standard InChI is InChI=1S/C19H21NO6S/c1-11-6-5-7-13(10-11)26-9-8-14(21)20-17-15(18(22)24-3)12(2)16(27-17)19(23)25-4/h5-7,10H,8-9H2,1-4H3,(H,20,21). The SMILES string of the molecule is COC(=O)c1sc(NC(=O)CCOc2cccc(C)c2)c(C(=O)OC)c1C. The Balaban J connectivity index is 2.07. The molecule has 0 fully saturated rings. The summed E-state index contributed by atoms with van der Waals surface area (Å²) in [6.07, 6.45) is 0.0824. The lowest BCUT2D eigenvalue weighted by atomic mass is 10.1. The zero-order valence-corrected chi connectivity index (χ0v) is 16.4. The van der Waals surface area contributed by atoms with Crippen molar-refractivity contribution in [1.82, 2.24) is 0 Å². The second-order valence-corrected chi connectivity index (χ2v) is 6.73. The number of amides is 1. The van der Waals surface area contributed by atoms with Crippen LogP contribution in [0.25, 0.3) is 0 Å². The average Bonchev–Trinajstić information content (AvgIpc) is 2.96. The van der Waals surface area contributed by atoms with E-state index < -0.39 is 11.9 Å². The van der Waals surface area contributed by atoms with E-state index in [-0.39, 0.29) is 34.4 Å². The Bertz CT molecular complexity index is 858. The fourth-order valence-corrected chi connectivity index (χ4v) is 3.52. The summed E-state index contributed by atoms with van der Waals surface area (Å²) in [4.78, 5) is 36.4. The summed E-state index contributed by atoms with van der Waals surface area (Å²) in [6.45, 7) is 3.73. The highest BCUT2D eigenvalue weighted by molar-refractivity contribution is 7.18. The van der Waals surface area contributed by atoms with Crippen LogP contribution in [0.15, 0.2) is 24.3 Å². The molecular formula is C19H21NO6S. The Kier molecular flexibility index (Phi) is 6.95. The molecule has 1 aromatic carbocycles. The molecule has 1 aromatic heterocycles. The molecule has 2 aromatic rings. The first kappa shape index (κ1) is 20.4. The quantitative estimate of drug-likeness (QED) is 0.728. The molecular weight excluding hydrogens is 370 g/mol. The Labute approximate surface area is 161 Å². The number of benzene rings is 1. The minimum absolute atomic E-state index is 0.0824. The number of rotatable bonds is 7. The first-order valence-electron chi connectivity index (χ1n) is 8.16. The van der Waals surface area contributed by atoms with Crippen molar-refractivity contribution in [2.45, 2.75) is 20.3 Å². The number of carbonyl (C=O) groups is 3. The summed E-state index contributed by atoms with van der Waals surface area (Å²) in [6, 6.07) is 7.51. The molecule has 0 saturated carbocycles. The molecule has 0 bridgehead atoms.